The van der Waals surface area contributed by atoms with Crippen LogP contribution in [0.3, 0.4) is 0 Å². The summed E-state index contributed by atoms with van der Waals surface area (Å²) in [6.07, 6.45) is 6.96. The van der Waals surface area contributed by atoms with Gasteiger partial charge in [0.15, 0.2) is 5.82 Å². The maximum atomic E-state index is 15.7. The number of imidazole rings is 1. The van der Waals surface area contributed by atoms with Crippen LogP contribution in [0.2, 0.25) is 0 Å². The van der Waals surface area contributed by atoms with Crippen molar-refractivity contribution in [3.63, 3.8) is 0 Å². The third-order valence-corrected chi connectivity index (χ3v) is 12.0. The summed E-state index contributed by atoms with van der Waals surface area (Å²) in [7, 11) is 3.60. The van der Waals surface area contributed by atoms with Gasteiger partial charge < -0.3 is 29.4 Å². The van der Waals surface area contributed by atoms with Crippen LogP contribution in [0, 0.1) is 11.8 Å². The van der Waals surface area contributed by atoms with Gasteiger partial charge in [-0.25, -0.2) is 14.4 Å². The highest BCUT2D eigenvalue weighted by molar-refractivity contribution is 6.00. The minimum absolute atomic E-state index is 0.0117. The molecule has 2 saturated heterocycles. The standard InChI is InChI=1S/C36H42FN7O3/c1-41-31-27(15-22(17-30(31)47-2)34(45)44-19-25(38)20-7-9-23(44)14-20)40-33(41)29-16-21-8-10-26-28-6-5-13-43(28)35(46)24-18-36(24,37)11-3-4-12-42(29)32(21)39-26/h8,10,15-17,20,23-25,28H,3-7,9,11-14,18-19,38H2,1-2H3/t20-,23+,24+,25+,28-,36+/m1/s1. The lowest BCUT2D eigenvalue weighted by atomic mass is 9.94. The number of hydrogen-bond donors (Lipinski definition) is 1. The van der Waals surface area contributed by atoms with E-state index in [-0.39, 0.29) is 29.9 Å². The van der Waals surface area contributed by atoms with Crippen molar-refractivity contribution in [1.29, 1.82) is 0 Å². The van der Waals surface area contributed by atoms with Crippen molar-refractivity contribution in [2.75, 3.05) is 20.2 Å². The van der Waals surface area contributed by atoms with Gasteiger partial charge in [-0.05, 0) is 94.0 Å². The van der Waals surface area contributed by atoms with Gasteiger partial charge in [0, 0.05) is 49.7 Å². The molecule has 9 rings (SSSR count). The van der Waals surface area contributed by atoms with Crippen molar-refractivity contribution in [2.24, 2.45) is 24.6 Å². The molecule has 6 atom stereocenters. The highest BCUT2D eigenvalue weighted by Gasteiger charge is 2.60. The number of amides is 2. The molecule has 3 aromatic heterocycles. The Bertz CT molecular complexity index is 1950. The Kier molecular flexibility index (Phi) is 6.52. The number of nitrogens with two attached hydrogens (primary N) is 1. The molecular formula is C36H42FN7O3. The molecule has 0 radical (unpaired) electrons. The van der Waals surface area contributed by atoms with Crippen molar-refractivity contribution in [3.8, 4) is 17.3 Å². The molecule has 5 aliphatic rings. The number of benzene rings is 1. The summed E-state index contributed by atoms with van der Waals surface area (Å²) in [6, 6.07) is 10.1. The zero-order valence-electron chi connectivity index (χ0n) is 27.1. The van der Waals surface area contributed by atoms with E-state index in [4.69, 9.17) is 20.4 Å². The van der Waals surface area contributed by atoms with Crippen LogP contribution < -0.4 is 10.5 Å². The molecule has 1 aromatic carbocycles. The second kappa shape index (κ2) is 10.5. The molecule has 47 heavy (non-hydrogen) atoms. The zero-order valence-corrected chi connectivity index (χ0v) is 27.1. The van der Waals surface area contributed by atoms with Gasteiger partial charge in [0.2, 0.25) is 5.91 Å². The first-order valence-electron chi connectivity index (χ1n) is 17.3. The second-order valence-electron chi connectivity index (χ2n) is 14.7. The average molecular weight is 640 g/mol. The fourth-order valence-electron chi connectivity index (χ4n) is 9.25. The Hall–Kier alpha value is -3.99. The van der Waals surface area contributed by atoms with Crippen LogP contribution in [0.1, 0.15) is 79.9 Å². The van der Waals surface area contributed by atoms with Gasteiger partial charge in [0.1, 0.15) is 22.6 Å². The maximum Gasteiger partial charge on any atom is 0.254 e. The van der Waals surface area contributed by atoms with Crippen LogP contribution in [-0.2, 0) is 18.4 Å². The van der Waals surface area contributed by atoms with Crippen molar-refractivity contribution in [1.82, 2.24) is 28.9 Å². The lowest BCUT2D eigenvalue weighted by Gasteiger charge is -2.37. The third-order valence-electron chi connectivity index (χ3n) is 12.0. The lowest BCUT2D eigenvalue weighted by molar-refractivity contribution is -0.134. The molecule has 0 unspecified atom stereocenters. The number of carbonyl (C=O) groups is 2. The average Bonchev–Trinajstić information content (AvgIpc) is 3.58. The number of rotatable bonds is 3. The number of likely N-dealkylation sites (tertiary alicyclic amines) is 1. The van der Waals surface area contributed by atoms with Gasteiger partial charge >= 0.3 is 0 Å². The Morgan fingerprint density at radius 2 is 1.96 bits per heavy atom. The smallest absolute Gasteiger partial charge is 0.254 e. The van der Waals surface area contributed by atoms with Crippen molar-refractivity contribution in [2.45, 2.75) is 88.1 Å². The predicted octanol–water partition coefficient (Wildman–Crippen LogP) is 5.13. The van der Waals surface area contributed by atoms with Crippen LogP contribution in [-0.4, -0.2) is 78.7 Å². The molecular weight excluding hydrogens is 597 g/mol. The topological polar surface area (TPSA) is 112 Å². The lowest BCUT2D eigenvalue weighted by Crippen LogP contribution is -2.51. The molecule has 6 heterocycles. The summed E-state index contributed by atoms with van der Waals surface area (Å²) >= 11 is 0. The fourth-order valence-corrected chi connectivity index (χ4v) is 9.25. The van der Waals surface area contributed by atoms with Crippen molar-refractivity contribution >= 4 is 33.9 Å². The van der Waals surface area contributed by atoms with E-state index in [0.717, 1.165) is 72.3 Å². The van der Waals surface area contributed by atoms with Crippen LogP contribution in [0.4, 0.5) is 4.39 Å². The van der Waals surface area contributed by atoms with Crippen LogP contribution in [0.25, 0.3) is 33.6 Å². The van der Waals surface area contributed by atoms with Gasteiger partial charge in [-0.2, -0.15) is 0 Å². The van der Waals surface area contributed by atoms with E-state index in [2.05, 4.69) is 16.7 Å². The van der Waals surface area contributed by atoms with Crippen LogP contribution >= 0.6 is 0 Å². The molecule has 2 aliphatic carbocycles. The minimum Gasteiger partial charge on any atom is -0.494 e. The number of aromatic nitrogens is 4. The first-order valence-corrected chi connectivity index (χ1v) is 17.3. The molecule has 11 heteroatoms. The molecule has 4 aromatic rings. The Morgan fingerprint density at radius 1 is 1.09 bits per heavy atom. The van der Waals surface area contributed by atoms with Crippen molar-refractivity contribution in [3.05, 3.63) is 41.6 Å². The number of methoxy groups -OCH3 is 1. The Balaban J connectivity index is 1.13. The number of alkyl halides is 1. The van der Waals surface area contributed by atoms with Gasteiger partial charge in [-0.3, -0.25) is 9.59 Å². The molecule has 2 saturated carbocycles. The highest BCUT2D eigenvalue weighted by atomic mass is 19.1. The molecule has 2 amide bonds. The van der Waals surface area contributed by atoms with E-state index < -0.39 is 11.6 Å². The Labute approximate surface area is 273 Å². The van der Waals surface area contributed by atoms with E-state index in [1.54, 1.807) is 7.11 Å². The van der Waals surface area contributed by atoms with Crippen LogP contribution in [0.15, 0.2) is 30.3 Å². The van der Waals surface area contributed by atoms with Gasteiger partial charge in [-0.15, -0.1) is 0 Å². The molecule has 4 fully saturated rings. The number of aryl methyl sites for hydroxylation is 2. The first kappa shape index (κ1) is 29.2. The fraction of sp³-hybridized carbons (Fsp3) is 0.556. The summed E-state index contributed by atoms with van der Waals surface area (Å²) in [4.78, 5) is 41.5. The maximum absolute atomic E-state index is 15.7. The number of ether oxygens (including phenoxy) is 1. The summed E-state index contributed by atoms with van der Waals surface area (Å²) < 4.78 is 25.8. The predicted molar refractivity (Wildman–Crippen MR) is 176 cm³/mol. The van der Waals surface area contributed by atoms with E-state index in [0.29, 0.717) is 61.6 Å². The first-order chi connectivity index (χ1) is 22.7. The minimum atomic E-state index is -1.39. The quantitative estimate of drug-likeness (QED) is 0.333. The summed E-state index contributed by atoms with van der Waals surface area (Å²) in [6.45, 7) is 1.88. The van der Waals surface area contributed by atoms with Gasteiger partial charge in [-0.1, -0.05) is 0 Å². The molecule has 2 N–H and O–H groups in total. The summed E-state index contributed by atoms with van der Waals surface area (Å²) in [5, 5.41) is 0.991. The number of piperidine rings is 1. The number of carbonyl (C=O) groups excluding carboxylic acids is 2. The molecule has 3 aliphatic heterocycles. The number of pyridine rings is 1. The van der Waals surface area contributed by atoms with Crippen LogP contribution in [0.5, 0.6) is 5.75 Å². The van der Waals surface area contributed by atoms with Gasteiger partial charge in [0.25, 0.3) is 5.91 Å². The third kappa shape index (κ3) is 4.44. The number of fused-ring (bicyclic) bond motifs is 7. The van der Waals surface area contributed by atoms with Gasteiger partial charge in [0.05, 0.1) is 36.0 Å². The highest BCUT2D eigenvalue weighted by Crippen LogP contribution is 2.53. The van der Waals surface area contributed by atoms with E-state index in [1.807, 2.05) is 39.6 Å². The zero-order chi connectivity index (χ0) is 32.2. The van der Waals surface area contributed by atoms with E-state index >= 15 is 4.39 Å². The SMILES string of the molecule is COc1cc(C(=O)N2C[C@H](N)[C@@H]3CC[C@H]2C3)cc2nc(-c3cc4ccc5nc4n3CCCC[C@]3(F)C[C@H]3C(=O)N3CCC[C@H]53)n(C)c12. The molecule has 246 valence electrons. The monoisotopic (exact) mass is 639 g/mol. The molecule has 10 nitrogen and oxygen atoms in total. The number of hydrogen-bond acceptors (Lipinski definition) is 6. The van der Waals surface area contributed by atoms with E-state index in [1.165, 1.54) is 0 Å². The molecule has 0 spiro atoms. The summed E-state index contributed by atoms with van der Waals surface area (Å²) in [5.41, 5.74) is 9.74. The second-order valence-corrected chi connectivity index (χ2v) is 14.7. The number of nitrogens with zero attached hydrogens (tertiary/aromatic N) is 6. The normalized spacial score (nSPS) is 30.3. The summed E-state index contributed by atoms with van der Waals surface area (Å²) in [5.74, 6) is 1.26. The largest absolute Gasteiger partial charge is 0.494 e. The van der Waals surface area contributed by atoms with E-state index in [9.17, 15) is 9.59 Å². The number of halogens is 1. The van der Waals surface area contributed by atoms with Crippen molar-refractivity contribution < 1.29 is 18.7 Å². The Morgan fingerprint density at radius 3 is 2.81 bits per heavy atom. The molecule has 4 bridgehead atoms.